The molecule has 1 aromatic heterocycles. The number of rotatable bonds is 4. The zero-order valence-corrected chi connectivity index (χ0v) is 11.9. The molecule has 0 spiro atoms. The fourth-order valence-corrected chi connectivity index (χ4v) is 1.74. The van der Waals surface area contributed by atoms with Gasteiger partial charge in [0.05, 0.1) is 18.0 Å². The van der Waals surface area contributed by atoms with Gasteiger partial charge >= 0.3 is 0 Å². The highest BCUT2D eigenvalue weighted by Crippen LogP contribution is 2.17. The van der Waals surface area contributed by atoms with E-state index in [1.807, 2.05) is 13.0 Å². The van der Waals surface area contributed by atoms with E-state index in [0.717, 1.165) is 23.4 Å². The topological polar surface area (TPSA) is 35.0 Å². The van der Waals surface area contributed by atoms with Crippen LogP contribution in [-0.2, 0) is 11.3 Å². The van der Waals surface area contributed by atoms with E-state index in [2.05, 4.69) is 53.0 Å². The molecule has 0 bridgehead atoms. The number of ether oxygens (including phenoxy) is 1. The van der Waals surface area contributed by atoms with Crippen molar-refractivity contribution in [1.29, 1.82) is 0 Å². The fourth-order valence-electron chi connectivity index (χ4n) is 1.74. The quantitative estimate of drug-likeness (QED) is 0.628. The molecule has 0 N–H and O–H groups in total. The number of aromatic nitrogens is 2. The maximum atomic E-state index is 5.47. The van der Waals surface area contributed by atoms with E-state index in [1.54, 1.807) is 6.33 Å². The molecule has 2 rings (SSSR count). The normalized spacial score (nSPS) is 9.90. The van der Waals surface area contributed by atoms with Crippen LogP contribution in [0.1, 0.15) is 24.6 Å². The van der Waals surface area contributed by atoms with Crippen molar-refractivity contribution in [1.82, 2.24) is 9.97 Å². The second-order valence-corrected chi connectivity index (χ2v) is 4.46. The molecule has 0 aliphatic heterocycles. The Morgan fingerprint density at radius 3 is 2.65 bits per heavy atom. The summed E-state index contributed by atoms with van der Waals surface area (Å²) in [5.41, 5.74) is 4.11. The Hall–Kier alpha value is -2.18. The molecular formula is C17H18N2O. The molecule has 0 fully saturated rings. The molecule has 3 heteroatoms. The minimum Gasteiger partial charge on any atom is -0.362 e. The van der Waals surface area contributed by atoms with Crippen molar-refractivity contribution >= 4 is 0 Å². The molecule has 0 radical (unpaired) electrons. The van der Waals surface area contributed by atoms with Gasteiger partial charge in [0.25, 0.3) is 0 Å². The minimum atomic E-state index is 0.442. The van der Waals surface area contributed by atoms with Crippen LogP contribution < -0.4 is 0 Å². The fraction of sp³-hybridized carbons (Fsp3) is 0.294. The lowest BCUT2D eigenvalue weighted by atomic mass is 10.1. The molecule has 1 aromatic carbocycles. The maximum absolute atomic E-state index is 5.47. The second kappa shape index (κ2) is 7.42. The summed E-state index contributed by atoms with van der Waals surface area (Å²) < 4.78 is 5.47. The second-order valence-electron chi connectivity index (χ2n) is 4.46. The van der Waals surface area contributed by atoms with Crippen LogP contribution >= 0.6 is 0 Å². The van der Waals surface area contributed by atoms with Crippen LogP contribution in [0.5, 0.6) is 0 Å². The van der Waals surface area contributed by atoms with Gasteiger partial charge in [-0.25, -0.2) is 9.97 Å². The predicted octanol–water partition coefficient (Wildman–Crippen LogP) is 3.38. The molecule has 1 heterocycles. The monoisotopic (exact) mass is 266 g/mol. The third-order valence-corrected chi connectivity index (χ3v) is 2.80. The Morgan fingerprint density at radius 2 is 1.90 bits per heavy atom. The van der Waals surface area contributed by atoms with Crippen LogP contribution in [0.15, 0.2) is 36.7 Å². The van der Waals surface area contributed by atoms with Crippen LogP contribution in [0.25, 0.3) is 11.3 Å². The highest BCUT2D eigenvalue weighted by Gasteiger charge is 2.02. The van der Waals surface area contributed by atoms with Crippen LogP contribution in [0.4, 0.5) is 0 Å². The smallest absolute Gasteiger partial charge is 0.116 e. The van der Waals surface area contributed by atoms with E-state index in [9.17, 15) is 0 Å². The summed E-state index contributed by atoms with van der Waals surface area (Å²) in [6.45, 7) is 4.99. The summed E-state index contributed by atoms with van der Waals surface area (Å²) in [6.07, 6.45) is 2.43. The summed E-state index contributed by atoms with van der Waals surface area (Å²) in [5.74, 6) is 5.91. The predicted molar refractivity (Wildman–Crippen MR) is 79.9 cm³/mol. The molecule has 3 nitrogen and oxygen atoms in total. The number of aryl methyl sites for hydroxylation is 1. The SMILES string of the molecule is CCC#CCOCc1cc(-c2ccc(C)cc2)ncn1. The first-order valence-electron chi connectivity index (χ1n) is 6.71. The number of hydrogen-bond acceptors (Lipinski definition) is 3. The molecule has 2 aromatic rings. The molecule has 0 saturated heterocycles. The van der Waals surface area contributed by atoms with Crippen molar-refractivity contribution in [3.8, 4) is 23.1 Å². The molecule has 0 aliphatic rings. The number of nitrogens with zero attached hydrogens (tertiary/aromatic N) is 2. The average Bonchev–Trinajstić information content (AvgIpc) is 2.48. The first-order valence-corrected chi connectivity index (χ1v) is 6.71. The van der Waals surface area contributed by atoms with Gasteiger partial charge in [-0.2, -0.15) is 0 Å². The van der Waals surface area contributed by atoms with E-state index in [-0.39, 0.29) is 0 Å². The zero-order chi connectivity index (χ0) is 14.2. The van der Waals surface area contributed by atoms with Gasteiger partial charge in [0.1, 0.15) is 12.9 Å². The van der Waals surface area contributed by atoms with Crippen molar-refractivity contribution < 1.29 is 4.74 Å². The van der Waals surface area contributed by atoms with Crippen molar-refractivity contribution in [2.75, 3.05) is 6.61 Å². The summed E-state index contributed by atoms with van der Waals surface area (Å²) in [5, 5.41) is 0. The van der Waals surface area contributed by atoms with Gasteiger partial charge in [-0.3, -0.25) is 0 Å². The lowest BCUT2D eigenvalue weighted by Gasteiger charge is -2.04. The molecule has 102 valence electrons. The highest BCUT2D eigenvalue weighted by molar-refractivity contribution is 5.59. The first-order chi connectivity index (χ1) is 9.79. The summed E-state index contributed by atoms with van der Waals surface area (Å²) in [4.78, 5) is 8.52. The Bertz CT molecular complexity index is 609. The van der Waals surface area contributed by atoms with Crippen LogP contribution in [0.2, 0.25) is 0 Å². The van der Waals surface area contributed by atoms with E-state index in [1.165, 1.54) is 5.56 Å². The summed E-state index contributed by atoms with van der Waals surface area (Å²) >= 11 is 0. The standard InChI is InChI=1S/C17H18N2O/c1-3-4-5-10-20-12-16-11-17(19-13-18-16)15-8-6-14(2)7-9-15/h6-9,11,13H,3,10,12H2,1-2H3. The van der Waals surface area contributed by atoms with E-state index in [0.29, 0.717) is 13.2 Å². The molecule has 20 heavy (non-hydrogen) atoms. The lowest BCUT2D eigenvalue weighted by molar-refractivity contribution is 0.150. The van der Waals surface area contributed by atoms with Gasteiger partial charge in [-0.05, 0) is 13.0 Å². The van der Waals surface area contributed by atoms with Gasteiger partial charge in [-0.15, -0.1) is 5.92 Å². The summed E-state index contributed by atoms with van der Waals surface area (Å²) in [7, 11) is 0. The Kier molecular flexibility index (Phi) is 5.28. The van der Waals surface area contributed by atoms with Gasteiger partial charge < -0.3 is 4.74 Å². The van der Waals surface area contributed by atoms with Gasteiger partial charge in [0.2, 0.25) is 0 Å². The van der Waals surface area contributed by atoms with E-state index >= 15 is 0 Å². The Morgan fingerprint density at radius 1 is 1.10 bits per heavy atom. The zero-order valence-electron chi connectivity index (χ0n) is 11.9. The average molecular weight is 266 g/mol. The first kappa shape index (κ1) is 14.2. The van der Waals surface area contributed by atoms with Gasteiger partial charge in [0.15, 0.2) is 0 Å². The van der Waals surface area contributed by atoms with Crippen LogP contribution in [0.3, 0.4) is 0 Å². The van der Waals surface area contributed by atoms with E-state index in [4.69, 9.17) is 4.74 Å². The van der Waals surface area contributed by atoms with Crippen molar-refractivity contribution in [2.45, 2.75) is 26.9 Å². The maximum Gasteiger partial charge on any atom is 0.116 e. The molecule has 0 atom stereocenters. The van der Waals surface area contributed by atoms with Crippen molar-refractivity contribution in [3.63, 3.8) is 0 Å². The Labute approximate surface area is 120 Å². The Balaban J connectivity index is 2.02. The highest BCUT2D eigenvalue weighted by atomic mass is 16.5. The molecule has 0 amide bonds. The molecular weight excluding hydrogens is 248 g/mol. The van der Waals surface area contributed by atoms with E-state index < -0.39 is 0 Å². The minimum absolute atomic E-state index is 0.442. The molecule has 0 unspecified atom stereocenters. The lowest BCUT2D eigenvalue weighted by Crippen LogP contribution is -1.98. The molecule has 0 aliphatic carbocycles. The molecule has 0 saturated carbocycles. The number of benzene rings is 1. The van der Waals surface area contributed by atoms with Crippen LogP contribution in [-0.4, -0.2) is 16.6 Å². The third kappa shape index (κ3) is 4.18. The largest absolute Gasteiger partial charge is 0.362 e. The number of hydrogen-bond donors (Lipinski definition) is 0. The van der Waals surface area contributed by atoms with Gasteiger partial charge in [0, 0.05) is 12.0 Å². The van der Waals surface area contributed by atoms with Gasteiger partial charge in [-0.1, -0.05) is 42.7 Å². The van der Waals surface area contributed by atoms with Crippen molar-refractivity contribution in [3.05, 3.63) is 47.9 Å². The summed E-state index contributed by atoms with van der Waals surface area (Å²) in [6, 6.07) is 10.2. The third-order valence-electron chi connectivity index (χ3n) is 2.80. The van der Waals surface area contributed by atoms with Crippen LogP contribution in [0, 0.1) is 18.8 Å². The van der Waals surface area contributed by atoms with Crippen molar-refractivity contribution in [2.24, 2.45) is 0 Å².